The summed E-state index contributed by atoms with van der Waals surface area (Å²) in [5.74, 6) is -1.60. The number of benzene rings is 1. The number of hydrogen-bond donors (Lipinski definition) is 1. The summed E-state index contributed by atoms with van der Waals surface area (Å²) < 4.78 is 111. The minimum Gasteiger partial charge on any atom is -0.507 e. The summed E-state index contributed by atoms with van der Waals surface area (Å²) in [7, 11) is 0. The van der Waals surface area contributed by atoms with Crippen molar-refractivity contribution in [3.63, 3.8) is 0 Å². The van der Waals surface area contributed by atoms with E-state index in [-0.39, 0.29) is 17.2 Å². The molecule has 0 radical (unpaired) electrons. The Morgan fingerprint density at radius 1 is 1.43 bits per heavy atom. The number of rotatable bonds is 4. The maximum atomic E-state index is 11.0. The molecule has 0 fully saturated rings. The van der Waals surface area contributed by atoms with Gasteiger partial charge in [0.2, 0.25) is 0 Å². The van der Waals surface area contributed by atoms with Gasteiger partial charge >= 0.3 is 0 Å². The van der Waals surface area contributed by atoms with Crippen molar-refractivity contribution in [3.8, 4) is 11.5 Å². The zero-order valence-corrected chi connectivity index (χ0v) is 13.5. The number of allylic oxidation sites excluding steroid dienone is 2. The predicted octanol–water partition coefficient (Wildman–Crippen LogP) is 5.74. The van der Waals surface area contributed by atoms with Crippen molar-refractivity contribution in [1.82, 2.24) is 0 Å². The van der Waals surface area contributed by atoms with Gasteiger partial charge < -0.3 is 9.84 Å². The number of aromatic hydroxyl groups is 1. The minimum absolute atomic E-state index is 0.0920. The van der Waals surface area contributed by atoms with E-state index < -0.39 is 67.3 Å². The number of fused-ring (bicyclic) bond motifs is 3. The van der Waals surface area contributed by atoms with Crippen molar-refractivity contribution in [1.29, 1.82) is 0 Å². The van der Waals surface area contributed by atoms with Crippen molar-refractivity contribution in [3.05, 3.63) is 34.9 Å². The van der Waals surface area contributed by atoms with E-state index in [2.05, 4.69) is 0 Å². The standard InChI is InChI=1S/C21H30O2/c1-5-6-7-8-15-12-18(22)20-16-11-14(2)9-10-17(16)21(3,4)23-19(20)13-15/h11-13,16-17,22H,5-10H2,1-4H3/t16-,17-/m1/s1/i1D3,5D2,6D2,7D2,8D2,12D,13D. The molecule has 0 aromatic heterocycles. The summed E-state index contributed by atoms with van der Waals surface area (Å²) in [6.07, 6.45) is -11.9. The smallest absolute Gasteiger partial charge is 0.127 e. The monoisotopic (exact) mass is 327 g/mol. The lowest BCUT2D eigenvalue weighted by atomic mass is 9.68. The molecule has 1 aliphatic carbocycles. The Labute approximate surface area is 158 Å². The molecule has 2 nitrogen and oxygen atoms in total. The first-order valence-electron chi connectivity index (χ1n) is 14.2. The van der Waals surface area contributed by atoms with Gasteiger partial charge in [-0.25, -0.2) is 0 Å². The predicted molar refractivity (Wildman–Crippen MR) is 95.3 cm³/mol. The summed E-state index contributed by atoms with van der Waals surface area (Å²) in [6.45, 7) is 1.79. The van der Waals surface area contributed by atoms with E-state index in [0.29, 0.717) is 6.42 Å². The highest BCUT2D eigenvalue weighted by Crippen LogP contribution is 2.53. The highest BCUT2D eigenvalue weighted by Gasteiger charge is 2.45. The van der Waals surface area contributed by atoms with E-state index >= 15 is 0 Å². The molecule has 1 aromatic carbocycles. The van der Waals surface area contributed by atoms with Gasteiger partial charge in [-0.2, -0.15) is 0 Å². The number of ether oxygens (including phenoxy) is 1. The van der Waals surface area contributed by atoms with Crippen LogP contribution in [0.3, 0.4) is 0 Å². The van der Waals surface area contributed by atoms with Crippen LogP contribution >= 0.6 is 0 Å². The van der Waals surface area contributed by atoms with Crippen LogP contribution in [-0.4, -0.2) is 10.7 Å². The molecule has 0 saturated carbocycles. The number of phenols is 1. The van der Waals surface area contributed by atoms with Crippen LogP contribution in [0.25, 0.3) is 0 Å². The summed E-state index contributed by atoms with van der Waals surface area (Å²) in [4.78, 5) is 0. The Morgan fingerprint density at radius 3 is 3.04 bits per heavy atom. The van der Waals surface area contributed by atoms with Crippen LogP contribution in [0.1, 0.15) is 94.4 Å². The van der Waals surface area contributed by atoms with Gasteiger partial charge in [0, 0.05) is 32.5 Å². The van der Waals surface area contributed by atoms with Crippen molar-refractivity contribution < 1.29 is 27.7 Å². The Bertz CT molecular complexity index is 1100. The van der Waals surface area contributed by atoms with Gasteiger partial charge in [0.1, 0.15) is 17.1 Å². The highest BCUT2D eigenvalue weighted by molar-refractivity contribution is 5.53. The first-order valence-corrected chi connectivity index (χ1v) is 7.68. The van der Waals surface area contributed by atoms with Crippen molar-refractivity contribution in [2.24, 2.45) is 5.92 Å². The van der Waals surface area contributed by atoms with Crippen LogP contribution in [0.2, 0.25) is 0 Å². The van der Waals surface area contributed by atoms with Gasteiger partial charge in [0.25, 0.3) is 0 Å². The lowest BCUT2D eigenvalue weighted by Crippen LogP contribution is -2.45. The quantitative estimate of drug-likeness (QED) is 0.715. The third-order valence-corrected chi connectivity index (χ3v) is 4.63. The molecular formula is C21H30O2. The SMILES string of the molecule is [2H]c1c(O)c2c(c([2H])c1C([2H])([2H])C([2H])([2H])C([2H])([2H])C([2H])([2H])C([2H])([2H])[2H])OC(C)(C)[C@@H]1CCC(C)=C[C@@H]21. The molecular weight excluding hydrogens is 284 g/mol. The average Bonchev–Trinajstić information content (AvgIpc) is 2.70. The fourth-order valence-corrected chi connectivity index (χ4v) is 3.55. The first kappa shape index (κ1) is 6.82. The van der Waals surface area contributed by atoms with Gasteiger partial charge in [-0.3, -0.25) is 0 Å². The fraction of sp³-hybridized carbons (Fsp3) is 0.619. The molecule has 0 bridgehead atoms. The van der Waals surface area contributed by atoms with Gasteiger partial charge in [0.15, 0.2) is 0 Å². The van der Waals surface area contributed by atoms with Crippen LogP contribution in [0.15, 0.2) is 23.7 Å². The second kappa shape index (κ2) is 6.22. The molecule has 23 heavy (non-hydrogen) atoms. The molecule has 0 spiro atoms. The average molecular weight is 328 g/mol. The Kier molecular flexibility index (Phi) is 1.84. The molecule has 0 saturated heterocycles. The van der Waals surface area contributed by atoms with Gasteiger partial charge in [-0.05, 0) is 64.0 Å². The van der Waals surface area contributed by atoms with Gasteiger partial charge in [0.05, 0.1) is 2.74 Å². The third-order valence-electron chi connectivity index (χ3n) is 4.63. The van der Waals surface area contributed by atoms with E-state index in [0.717, 1.165) is 12.0 Å². The van der Waals surface area contributed by atoms with E-state index in [9.17, 15) is 5.11 Å². The third kappa shape index (κ3) is 3.13. The van der Waals surface area contributed by atoms with Crippen molar-refractivity contribution in [2.75, 3.05) is 0 Å². The second-order valence-electron chi connectivity index (χ2n) is 6.61. The lowest BCUT2D eigenvalue weighted by molar-refractivity contribution is 0.0107. The van der Waals surface area contributed by atoms with Crippen molar-refractivity contribution >= 4 is 0 Å². The Hall–Kier alpha value is -1.44. The molecule has 2 heteroatoms. The fourth-order valence-electron chi connectivity index (χ4n) is 3.55. The van der Waals surface area contributed by atoms with Crippen molar-refractivity contribution in [2.45, 2.75) is 77.5 Å². The van der Waals surface area contributed by atoms with Crippen LogP contribution in [-0.2, 0) is 6.37 Å². The molecule has 3 rings (SSSR count). The normalized spacial score (nSPS) is 36.5. The Morgan fingerprint density at radius 2 is 2.26 bits per heavy atom. The number of phenolic OH excluding ortho intramolecular Hbond substituents is 1. The van der Waals surface area contributed by atoms with Gasteiger partial charge in [-0.15, -0.1) is 0 Å². The topological polar surface area (TPSA) is 29.5 Å². The largest absolute Gasteiger partial charge is 0.507 e. The molecule has 0 unspecified atom stereocenters. The Balaban J connectivity index is 2.31. The van der Waals surface area contributed by atoms with Crippen LogP contribution < -0.4 is 4.74 Å². The maximum absolute atomic E-state index is 11.0. The lowest BCUT2D eigenvalue weighted by Gasteiger charge is -2.46. The van der Waals surface area contributed by atoms with E-state index in [1.807, 2.05) is 13.0 Å². The number of hydrogen-bond acceptors (Lipinski definition) is 2. The summed E-state index contributed by atoms with van der Waals surface area (Å²) in [5, 5.41) is 11.0. The summed E-state index contributed by atoms with van der Waals surface area (Å²) in [6, 6.07) is -1.74. The zero-order chi connectivity index (χ0) is 28.0. The van der Waals surface area contributed by atoms with Crippen LogP contribution in [0, 0.1) is 5.92 Å². The van der Waals surface area contributed by atoms with E-state index in [1.165, 1.54) is 0 Å². The van der Waals surface area contributed by atoms with Crippen LogP contribution in [0.5, 0.6) is 11.5 Å². The molecule has 2 atom stereocenters. The maximum Gasteiger partial charge on any atom is 0.127 e. The molecule has 1 heterocycles. The summed E-state index contributed by atoms with van der Waals surface area (Å²) in [5.41, 5.74) is -0.820. The summed E-state index contributed by atoms with van der Waals surface area (Å²) >= 11 is 0. The molecule has 2 aliphatic rings. The molecule has 1 N–H and O–H groups in total. The van der Waals surface area contributed by atoms with Gasteiger partial charge in [-0.1, -0.05) is 31.2 Å². The second-order valence-corrected chi connectivity index (χ2v) is 6.61. The van der Waals surface area contributed by atoms with E-state index in [4.69, 9.17) is 22.6 Å². The highest BCUT2D eigenvalue weighted by atomic mass is 16.5. The minimum atomic E-state index is -3.95. The first-order chi connectivity index (χ1) is 15.9. The molecule has 0 amide bonds. The molecule has 126 valence electrons. The van der Waals surface area contributed by atoms with Crippen LogP contribution in [0.4, 0.5) is 0 Å². The van der Waals surface area contributed by atoms with E-state index in [1.54, 1.807) is 13.8 Å². The molecule has 1 aliphatic heterocycles. The molecule has 1 aromatic rings. The zero-order valence-electron chi connectivity index (χ0n) is 26.5.